The van der Waals surface area contributed by atoms with E-state index in [2.05, 4.69) is 21.2 Å². The van der Waals surface area contributed by atoms with Gasteiger partial charge in [-0.2, -0.15) is 0 Å². The summed E-state index contributed by atoms with van der Waals surface area (Å²) in [5.74, 6) is -0.0784. The molecule has 3 N–H and O–H groups in total. The lowest BCUT2D eigenvalue weighted by molar-refractivity contribution is -0.129. The maximum Gasteiger partial charge on any atom is 0.240 e. The zero-order valence-corrected chi connectivity index (χ0v) is 13.0. The van der Waals surface area contributed by atoms with E-state index in [-0.39, 0.29) is 18.3 Å². The highest BCUT2D eigenvalue weighted by molar-refractivity contribution is 9.11. The van der Waals surface area contributed by atoms with E-state index in [0.29, 0.717) is 32.6 Å². The quantitative estimate of drug-likeness (QED) is 0.872. The summed E-state index contributed by atoms with van der Waals surface area (Å²) in [6.07, 6.45) is 1.18. The molecular formula is C11H16BrClN2O2S. The topological polar surface area (TPSA) is 64.4 Å². The Kier molecular flexibility index (Phi) is 6.07. The molecule has 1 aromatic heterocycles. The summed E-state index contributed by atoms with van der Waals surface area (Å²) in [4.78, 5) is 13.1. The highest BCUT2D eigenvalue weighted by Gasteiger charge is 2.35. The lowest BCUT2D eigenvalue weighted by Crippen LogP contribution is -2.56. The Morgan fingerprint density at radius 3 is 2.72 bits per heavy atom. The summed E-state index contributed by atoms with van der Waals surface area (Å²) in [6.45, 7) is 1.66. The highest BCUT2D eigenvalue weighted by atomic mass is 79.9. The number of ether oxygens (including phenoxy) is 1. The third kappa shape index (κ3) is 3.93. The Balaban J connectivity index is 0.00000162. The van der Waals surface area contributed by atoms with Crippen LogP contribution in [0.2, 0.25) is 0 Å². The lowest BCUT2D eigenvalue weighted by Gasteiger charge is -2.31. The molecule has 0 aliphatic carbocycles. The minimum Gasteiger partial charge on any atom is -0.381 e. The molecule has 0 unspecified atom stereocenters. The summed E-state index contributed by atoms with van der Waals surface area (Å²) in [7, 11) is 0. The average molecular weight is 356 g/mol. The first-order chi connectivity index (χ1) is 8.10. The van der Waals surface area contributed by atoms with E-state index in [1.807, 2.05) is 12.1 Å². The van der Waals surface area contributed by atoms with Gasteiger partial charge >= 0.3 is 0 Å². The summed E-state index contributed by atoms with van der Waals surface area (Å²) < 4.78 is 6.28. The zero-order chi connectivity index (χ0) is 12.3. The minimum absolute atomic E-state index is 0. The molecule has 1 aromatic rings. The molecule has 0 bridgehead atoms. The third-order valence-corrected chi connectivity index (χ3v) is 4.51. The molecule has 1 saturated heterocycles. The maximum atomic E-state index is 12.0. The van der Waals surface area contributed by atoms with Gasteiger partial charge in [0.15, 0.2) is 0 Å². The van der Waals surface area contributed by atoms with Crippen molar-refractivity contribution in [3.05, 3.63) is 20.8 Å². The van der Waals surface area contributed by atoms with Gasteiger partial charge in [0, 0.05) is 18.1 Å². The van der Waals surface area contributed by atoms with Crippen molar-refractivity contribution < 1.29 is 9.53 Å². The highest BCUT2D eigenvalue weighted by Crippen LogP contribution is 2.22. The Morgan fingerprint density at radius 1 is 1.50 bits per heavy atom. The molecule has 1 aliphatic heterocycles. The lowest BCUT2D eigenvalue weighted by atomic mass is 9.90. The van der Waals surface area contributed by atoms with Crippen molar-refractivity contribution in [2.45, 2.75) is 24.9 Å². The fraction of sp³-hybridized carbons (Fsp3) is 0.545. The fourth-order valence-corrected chi connectivity index (χ4v) is 3.18. The molecule has 7 heteroatoms. The maximum absolute atomic E-state index is 12.0. The van der Waals surface area contributed by atoms with Crippen LogP contribution in [-0.2, 0) is 16.1 Å². The van der Waals surface area contributed by atoms with Gasteiger partial charge in [0.2, 0.25) is 5.91 Å². The number of amides is 1. The van der Waals surface area contributed by atoms with Crippen LogP contribution in [0.4, 0.5) is 0 Å². The molecular weight excluding hydrogens is 340 g/mol. The molecule has 0 saturated carbocycles. The molecule has 0 radical (unpaired) electrons. The molecule has 0 aromatic carbocycles. The van der Waals surface area contributed by atoms with Crippen LogP contribution in [0, 0.1) is 0 Å². The van der Waals surface area contributed by atoms with E-state index in [9.17, 15) is 4.79 Å². The zero-order valence-electron chi connectivity index (χ0n) is 9.78. The third-order valence-electron chi connectivity index (χ3n) is 2.89. The molecule has 4 nitrogen and oxygen atoms in total. The molecule has 2 rings (SSSR count). The van der Waals surface area contributed by atoms with Crippen molar-refractivity contribution in [3.8, 4) is 0 Å². The van der Waals surface area contributed by atoms with Gasteiger partial charge in [-0.15, -0.1) is 23.7 Å². The van der Waals surface area contributed by atoms with Gasteiger partial charge in [-0.3, -0.25) is 4.79 Å². The number of nitrogens with two attached hydrogens (primary N) is 1. The van der Waals surface area contributed by atoms with Crippen molar-refractivity contribution in [2.75, 3.05) is 13.2 Å². The summed E-state index contributed by atoms with van der Waals surface area (Å²) in [6, 6.07) is 3.96. The Bertz CT molecular complexity index is 408. The van der Waals surface area contributed by atoms with Crippen molar-refractivity contribution >= 4 is 45.6 Å². The number of carbonyl (C=O) groups excluding carboxylic acids is 1. The summed E-state index contributed by atoms with van der Waals surface area (Å²) >= 11 is 5.00. The van der Waals surface area contributed by atoms with E-state index in [1.165, 1.54) is 0 Å². The average Bonchev–Trinajstić information content (AvgIpc) is 2.73. The van der Waals surface area contributed by atoms with Crippen molar-refractivity contribution in [3.63, 3.8) is 0 Å². The van der Waals surface area contributed by atoms with Crippen molar-refractivity contribution in [2.24, 2.45) is 5.73 Å². The van der Waals surface area contributed by atoms with Gasteiger partial charge in [0.05, 0.1) is 15.9 Å². The largest absolute Gasteiger partial charge is 0.381 e. The molecule has 1 amide bonds. The van der Waals surface area contributed by atoms with Crippen LogP contribution in [0.1, 0.15) is 17.7 Å². The van der Waals surface area contributed by atoms with Crippen LogP contribution in [0.3, 0.4) is 0 Å². The molecule has 0 spiro atoms. The van der Waals surface area contributed by atoms with Gasteiger partial charge < -0.3 is 15.8 Å². The van der Waals surface area contributed by atoms with Gasteiger partial charge in [-0.1, -0.05) is 0 Å². The van der Waals surface area contributed by atoms with E-state index in [0.717, 1.165) is 8.66 Å². The minimum atomic E-state index is -0.757. The van der Waals surface area contributed by atoms with Crippen molar-refractivity contribution in [1.82, 2.24) is 5.32 Å². The van der Waals surface area contributed by atoms with Gasteiger partial charge in [-0.05, 0) is 40.9 Å². The molecule has 1 aliphatic rings. The fourth-order valence-electron chi connectivity index (χ4n) is 1.75. The van der Waals surface area contributed by atoms with Crippen LogP contribution in [0.15, 0.2) is 15.9 Å². The van der Waals surface area contributed by atoms with Crippen LogP contribution < -0.4 is 11.1 Å². The van der Waals surface area contributed by atoms with Crippen LogP contribution in [0.25, 0.3) is 0 Å². The number of halogens is 2. The van der Waals surface area contributed by atoms with E-state index in [4.69, 9.17) is 10.5 Å². The van der Waals surface area contributed by atoms with Crippen LogP contribution in [-0.4, -0.2) is 24.7 Å². The van der Waals surface area contributed by atoms with Gasteiger partial charge in [-0.25, -0.2) is 0 Å². The Hall–Kier alpha value is -0.140. The molecule has 1 fully saturated rings. The SMILES string of the molecule is Cl.NC1(C(=O)NCc2ccc(Br)s2)CCOCC1. The second-order valence-corrected chi connectivity index (χ2v) is 6.70. The predicted molar refractivity (Wildman–Crippen MR) is 78.1 cm³/mol. The molecule has 18 heavy (non-hydrogen) atoms. The Morgan fingerprint density at radius 2 is 2.17 bits per heavy atom. The van der Waals surface area contributed by atoms with Crippen LogP contribution in [0.5, 0.6) is 0 Å². The van der Waals surface area contributed by atoms with Crippen LogP contribution >= 0.6 is 39.7 Å². The first-order valence-electron chi connectivity index (χ1n) is 5.49. The number of nitrogens with one attached hydrogen (secondary N) is 1. The van der Waals surface area contributed by atoms with E-state index in [1.54, 1.807) is 11.3 Å². The number of carbonyl (C=O) groups is 1. The second kappa shape index (κ2) is 6.86. The van der Waals surface area contributed by atoms with Gasteiger partial charge in [0.25, 0.3) is 0 Å². The Labute approximate surface area is 125 Å². The molecule has 102 valence electrons. The smallest absolute Gasteiger partial charge is 0.240 e. The van der Waals surface area contributed by atoms with E-state index >= 15 is 0 Å². The number of thiophene rings is 1. The molecule has 2 heterocycles. The van der Waals surface area contributed by atoms with Crippen molar-refractivity contribution in [1.29, 1.82) is 0 Å². The number of hydrogen-bond donors (Lipinski definition) is 2. The molecule has 0 atom stereocenters. The number of rotatable bonds is 3. The normalized spacial score (nSPS) is 17.9. The standard InChI is InChI=1S/C11H15BrN2O2S.ClH/c12-9-2-1-8(17-9)7-14-10(15)11(13)3-5-16-6-4-11;/h1-2H,3-7,13H2,(H,14,15);1H. The van der Waals surface area contributed by atoms with E-state index < -0.39 is 5.54 Å². The summed E-state index contributed by atoms with van der Waals surface area (Å²) in [5, 5.41) is 2.89. The predicted octanol–water partition coefficient (Wildman–Crippen LogP) is 2.06. The number of hydrogen-bond acceptors (Lipinski definition) is 4. The summed E-state index contributed by atoms with van der Waals surface area (Å²) in [5.41, 5.74) is 5.32. The monoisotopic (exact) mass is 354 g/mol. The first-order valence-corrected chi connectivity index (χ1v) is 7.10. The first kappa shape index (κ1) is 15.9. The van der Waals surface area contributed by atoms with Gasteiger partial charge in [0.1, 0.15) is 0 Å². The second-order valence-electron chi connectivity index (χ2n) is 4.16.